The lowest BCUT2D eigenvalue weighted by molar-refractivity contribution is -0.144. The van der Waals surface area contributed by atoms with Crippen molar-refractivity contribution < 1.29 is 23.5 Å². The molecule has 1 amide bonds. The van der Waals surface area contributed by atoms with Crippen LogP contribution in [-0.2, 0) is 16.0 Å². The second kappa shape index (κ2) is 7.33. The van der Waals surface area contributed by atoms with E-state index in [4.69, 9.17) is 5.11 Å². The van der Waals surface area contributed by atoms with Crippen LogP contribution in [0.5, 0.6) is 0 Å². The van der Waals surface area contributed by atoms with E-state index < -0.39 is 17.6 Å². The number of rotatable bonds is 5. The predicted molar refractivity (Wildman–Crippen MR) is 76.2 cm³/mol. The van der Waals surface area contributed by atoms with Crippen LogP contribution in [0.25, 0.3) is 0 Å². The van der Waals surface area contributed by atoms with E-state index in [1.54, 1.807) is 0 Å². The van der Waals surface area contributed by atoms with Crippen LogP contribution in [0.4, 0.5) is 8.78 Å². The predicted octanol–water partition coefficient (Wildman–Crippen LogP) is 2.51. The molecule has 4 nitrogen and oxygen atoms in total. The Morgan fingerprint density at radius 2 is 1.77 bits per heavy atom. The average Bonchev–Trinajstić information content (AvgIpc) is 2.51. The fourth-order valence-electron chi connectivity index (χ4n) is 2.81. The SMILES string of the molecule is O=C(O)C1CCC(C(=O)NCCc2cccc(F)c2F)CC1. The van der Waals surface area contributed by atoms with Gasteiger partial charge in [0.25, 0.3) is 0 Å². The Bertz CT molecular complexity index is 554. The Kier molecular flexibility index (Phi) is 5.46. The fraction of sp³-hybridized carbons (Fsp3) is 0.500. The average molecular weight is 311 g/mol. The molecule has 0 spiro atoms. The molecule has 1 fully saturated rings. The van der Waals surface area contributed by atoms with E-state index in [2.05, 4.69) is 5.32 Å². The number of carboxylic acids is 1. The summed E-state index contributed by atoms with van der Waals surface area (Å²) < 4.78 is 26.5. The first-order chi connectivity index (χ1) is 10.5. The zero-order valence-corrected chi connectivity index (χ0v) is 12.1. The van der Waals surface area contributed by atoms with Gasteiger partial charge in [-0.25, -0.2) is 8.78 Å². The summed E-state index contributed by atoms with van der Waals surface area (Å²) in [5, 5.41) is 11.6. The van der Waals surface area contributed by atoms with E-state index in [0.717, 1.165) is 6.07 Å². The maximum Gasteiger partial charge on any atom is 0.306 e. The Balaban J connectivity index is 1.77. The van der Waals surface area contributed by atoms with Crippen molar-refractivity contribution in [1.82, 2.24) is 5.32 Å². The molecule has 22 heavy (non-hydrogen) atoms. The molecule has 0 saturated heterocycles. The number of carbonyl (C=O) groups is 2. The van der Waals surface area contributed by atoms with Crippen molar-refractivity contribution in [2.24, 2.45) is 11.8 Å². The molecule has 2 rings (SSSR count). The number of amides is 1. The molecular formula is C16H19F2NO3. The van der Waals surface area contributed by atoms with Crippen LogP contribution in [-0.4, -0.2) is 23.5 Å². The fourth-order valence-corrected chi connectivity index (χ4v) is 2.81. The highest BCUT2D eigenvalue weighted by Gasteiger charge is 2.29. The van der Waals surface area contributed by atoms with Gasteiger partial charge in [0.1, 0.15) is 0 Å². The Labute approximate surface area is 127 Å². The largest absolute Gasteiger partial charge is 0.481 e. The van der Waals surface area contributed by atoms with Crippen molar-refractivity contribution in [3.8, 4) is 0 Å². The minimum Gasteiger partial charge on any atom is -0.481 e. The smallest absolute Gasteiger partial charge is 0.306 e. The van der Waals surface area contributed by atoms with E-state index in [1.165, 1.54) is 12.1 Å². The second-order valence-electron chi connectivity index (χ2n) is 5.64. The van der Waals surface area contributed by atoms with Crippen molar-refractivity contribution in [2.45, 2.75) is 32.1 Å². The van der Waals surface area contributed by atoms with Gasteiger partial charge in [0.05, 0.1) is 5.92 Å². The summed E-state index contributed by atoms with van der Waals surface area (Å²) in [7, 11) is 0. The first kappa shape index (κ1) is 16.4. The van der Waals surface area contributed by atoms with Crippen molar-refractivity contribution in [2.75, 3.05) is 6.54 Å². The molecule has 120 valence electrons. The Hall–Kier alpha value is -1.98. The molecule has 0 heterocycles. The number of aliphatic carboxylic acids is 1. The van der Waals surface area contributed by atoms with Crippen molar-refractivity contribution >= 4 is 11.9 Å². The van der Waals surface area contributed by atoms with Gasteiger partial charge < -0.3 is 10.4 Å². The normalized spacial score (nSPS) is 21.4. The Morgan fingerprint density at radius 3 is 2.41 bits per heavy atom. The van der Waals surface area contributed by atoms with Crippen molar-refractivity contribution in [3.63, 3.8) is 0 Å². The van der Waals surface area contributed by atoms with Gasteiger partial charge in [-0.2, -0.15) is 0 Å². The number of hydrogen-bond acceptors (Lipinski definition) is 2. The molecule has 1 aromatic rings. The zero-order valence-electron chi connectivity index (χ0n) is 12.1. The van der Waals surface area contributed by atoms with Crippen molar-refractivity contribution in [3.05, 3.63) is 35.4 Å². The minimum absolute atomic E-state index is 0.138. The minimum atomic E-state index is -0.893. The van der Waals surface area contributed by atoms with E-state index in [0.29, 0.717) is 25.7 Å². The lowest BCUT2D eigenvalue weighted by atomic mass is 9.81. The van der Waals surface area contributed by atoms with Crippen LogP contribution in [0.3, 0.4) is 0 Å². The van der Waals surface area contributed by atoms with Crippen LogP contribution < -0.4 is 5.32 Å². The number of carboxylic acid groups (broad SMARTS) is 1. The summed E-state index contributed by atoms with van der Waals surface area (Å²) in [5.74, 6) is -3.26. The summed E-state index contributed by atoms with van der Waals surface area (Å²) in [5.41, 5.74) is 0.231. The monoisotopic (exact) mass is 311 g/mol. The molecule has 0 aromatic heterocycles. The first-order valence-corrected chi connectivity index (χ1v) is 7.42. The lowest BCUT2D eigenvalue weighted by Crippen LogP contribution is -2.35. The van der Waals surface area contributed by atoms with Crippen LogP contribution in [0.2, 0.25) is 0 Å². The standard InChI is InChI=1S/C16H19F2NO3/c17-13-3-1-2-10(14(13)18)8-9-19-15(20)11-4-6-12(7-5-11)16(21)22/h1-3,11-12H,4-9H2,(H,19,20)(H,21,22). The molecule has 1 aliphatic carbocycles. The van der Waals surface area contributed by atoms with Crippen LogP contribution in [0, 0.1) is 23.5 Å². The highest BCUT2D eigenvalue weighted by Crippen LogP contribution is 2.29. The quantitative estimate of drug-likeness (QED) is 0.878. The summed E-state index contributed by atoms with van der Waals surface area (Å²) in [6.45, 7) is 0.234. The maximum atomic E-state index is 13.5. The first-order valence-electron chi connectivity index (χ1n) is 7.42. The summed E-state index contributed by atoms with van der Waals surface area (Å²) in [4.78, 5) is 22.8. The third-order valence-corrected chi connectivity index (χ3v) is 4.17. The molecule has 0 bridgehead atoms. The number of benzene rings is 1. The zero-order chi connectivity index (χ0) is 16.1. The summed E-state index contributed by atoms with van der Waals surface area (Å²) >= 11 is 0. The number of carbonyl (C=O) groups excluding carboxylic acids is 1. The van der Waals surface area contributed by atoms with Gasteiger partial charge in [-0.05, 0) is 43.7 Å². The van der Waals surface area contributed by atoms with Gasteiger partial charge in [0.2, 0.25) is 5.91 Å². The molecule has 1 saturated carbocycles. The van der Waals surface area contributed by atoms with Gasteiger partial charge in [-0.3, -0.25) is 9.59 Å². The molecule has 0 radical (unpaired) electrons. The third kappa shape index (κ3) is 4.02. The molecule has 1 aromatic carbocycles. The maximum absolute atomic E-state index is 13.5. The lowest BCUT2D eigenvalue weighted by Gasteiger charge is -2.25. The van der Waals surface area contributed by atoms with E-state index >= 15 is 0 Å². The highest BCUT2D eigenvalue weighted by atomic mass is 19.2. The van der Waals surface area contributed by atoms with Gasteiger partial charge in [-0.15, -0.1) is 0 Å². The number of halogens is 2. The van der Waals surface area contributed by atoms with E-state index in [-0.39, 0.29) is 36.3 Å². The molecule has 2 N–H and O–H groups in total. The van der Waals surface area contributed by atoms with Gasteiger partial charge in [-0.1, -0.05) is 12.1 Å². The molecule has 0 aliphatic heterocycles. The van der Waals surface area contributed by atoms with Crippen LogP contribution >= 0.6 is 0 Å². The molecular weight excluding hydrogens is 292 g/mol. The third-order valence-electron chi connectivity index (χ3n) is 4.17. The highest BCUT2D eigenvalue weighted by molar-refractivity contribution is 5.79. The molecule has 1 aliphatic rings. The molecule has 6 heteroatoms. The van der Waals surface area contributed by atoms with Crippen LogP contribution in [0.15, 0.2) is 18.2 Å². The Morgan fingerprint density at radius 1 is 1.14 bits per heavy atom. The van der Waals surface area contributed by atoms with Gasteiger partial charge >= 0.3 is 5.97 Å². The van der Waals surface area contributed by atoms with E-state index in [1.807, 2.05) is 0 Å². The van der Waals surface area contributed by atoms with E-state index in [9.17, 15) is 18.4 Å². The summed E-state index contributed by atoms with van der Waals surface area (Å²) in [6.07, 6.45) is 2.34. The van der Waals surface area contributed by atoms with Crippen molar-refractivity contribution in [1.29, 1.82) is 0 Å². The summed E-state index contributed by atoms with van der Waals surface area (Å²) in [6, 6.07) is 3.98. The topological polar surface area (TPSA) is 66.4 Å². The van der Waals surface area contributed by atoms with Crippen LogP contribution in [0.1, 0.15) is 31.2 Å². The second-order valence-corrected chi connectivity index (χ2v) is 5.64. The van der Waals surface area contributed by atoms with Gasteiger partial charge in [0, 0.05) is 12.5 Å². The molecule has 0 atom stereocenters. The number of nitrogens with one attached hydrogen (secondary N) is 1. The molecule has 0 unspecified atom stereocenters. The number of hydrogen-bond donors (Lipinski definition) is 2. The van der Waals surface area contributed by atoms with Gasteiger partial charge in [0.15, 0.2) is 11.6 Å².